The highest BCUT2D eigenvalue weighted by Crippen LogP contribution is 2.14. The van der Waals surface area contributed by atoms with E-state index in [0.717, 1.165) is 19.0 Å². The summed E-state index contributed by atoms with van der Waals surface area (Å²) in [4.78, 5) is 6.59. The second-order valence-electron chi connectivity index (χ2n) is 6.61. The topological polar surface area (TPSA) is 48.9 Å². The molecular weight excluding hydrogens is 307 g/mol. The molecule has 1 aromatic rings. The van der Waals surface area contributed by atoms with Gasteiger partial charge in [0.05, 0.1) is 13.1 Å². The van der Waals surface area contributed by atoms with Crippen molar-refractivity contribution in [3.63, 3.8) is 0 Å². The third-order valence-electron chi connectivity index (χ3n) is 3.25. The first-order chi connectivity index (χ1) is 11.3. The third-order valence-corrected chi connectivity index (χ3v) is 3.25. The van der Waals surface area contributed by atoms with Crippen LogP contribution in [0.15, 0.2) is 29.3 Å². The Morgan fingerprint density at radius 3 is 2.62 bits per heavy atom. The van der Waals surface area contributed by atoms with Gasteiger partial charge in [0.25, 0.3) is 0 Å². The molecule has 0 bridgehead atoms. The molecule has 5 nitrogen and oxygen atoms in total. The Hall–Kier alpha value is -1.82. The zero-order valence-corrected chi connectivity index (χ0v) is 15.5. The average Bonchev–Trinajstić information content (AvgIpc) is 2.51. The number of benzene rings is 1. The van der Waals surface area contributed by atoms with Crippen LogP contribution in [-0.4, -0.2) is 56.2 Å². The molecule has 1 aromatic carbocycles. The summed E-state index contributed by atoms with van der Waals surface area (Å²) in [5, 5.41) is 6.67. The van der Waals surface area contributed by atoms with Crippen molar-refractivity contribution < 1.29 is 9.13 Å². The highest BCUT2D eigenvalue weighted by Gasteiger charge is 2.09. The Morgan fingerprint density at radius 2 is 2.00 bits per heavy atom. The summed E-state index contributed by atoms with van der Waals surface area (Å²) >= 11 is 0. The van der Waals surface area contributed by atoms with E-state index in [1.165, 1.54) is 6.07 Å². The minimum absolute atomic E-state index is 0.0906. The van der Waals surface area contributed by atoms with E-state index < -0.39 is 0 Å². The Bertz CT molecular complexity index is 514. The number of likely N-dealkylation sites (N-methyl/N-ethyl adjacent to an activating group) is 1. The Labute approximate surface area is 145 Å². The fraction of sp³-hybridized carbons (Fsp3) is 0.611. The highest BCUT2D eigenvalue weighted by molar-refractivity contribution is 5.79. The molecule has 6 heteroatoms. The van der Waals surface area contributed by atoms with Gasteiger partial charge in [0.1, 0.15) is 6.61 Å². The van der Waals surface area contributed by atoms with Gasteiger partial charge in [0.2, 0.25) is 0 Å². The molecule has 0 fully saturated rings. The van der Waals surface area contributed by atoms with Crippen LogP contribution in [0.4, 0.5) is 4.39 Å². The van der Waals surface area contributed by atoms with Gasteiger partial charge >= 0.3 is 0 Å². The molecule has 2 N–H and O–H groups in total. The van der Waals surface area contributed by atoms with Crippen molar-refractivity contribution in [2.24, 2.45) is 4.99 Å². The molecule has 0 heterocycles. The largest absolute Gasteiger partial charge is 0.489 e. The number of nitrogens with zero attached hydrogens (tertiary/aromatic N) is 2. The summed E-state index contributed by atoms with van der Waals surface area (Å²) in [6.45, 7) is 11.7. The van der Waals surface area contributed by atoms with Crippen LogP contribution in [0, 0.1) is 5.82 Å². The smallest absolute Gasteiger partial charge is 0.193 e. The van der Waals surface area contributed by atoms with E-state index in [-0.39, 0.29) is 17.1 Å². The maximum atomic E-state index is 13.5. The Kier molecular flexibility index (Phi) is 8.54. The highest BCUT2D eigenvalue weighted by atomic mass is 19.1. The van der Waals surface area contributed by atoms with Crippen LogP contribution in [0.2, 0.25) is 0 Å². The van der Waals surface area contributed by atoms with Crippen molar-refractivity contribution in [2.75, 3.05) is 39.8 Å². The van der Waals surface area contributed by atoms with Gasteiger partial charge in [-0.05, 0) is 39.8 Å². The van der Waals surface area contributed by atoms with E-state index in [4.69, 9.17) is 4.74 Å². The number of guanidine groups is 1. The van der Waals surface area contributed by atoms with Gasteiger partial charge in [0, 0.05) is 25.7 Å². The second-order valence-corrected chi connectivity index (χ2v) is 6.61. The first-order valence-corrected chi connectivity index (χ1v) is 8.45. The standard InChI is InChI=1S/C18H31FN4O/c1-6-20-17(21-11-12-22-18(2,3)4)23(5)13-14-24-16-10-8-7-9-15(16)19/h7-10,22H,6,11-14H2,1-5H3,(H,20,21). The second kappa shape index (κ2) is 10.1. The predicted octanol–water partition coefficient (Wildman–Crippen LogP) is 2.49. The Morgan fingerprint density at radius 1 is 1.29 bits per heavy atom. The van der Waals surface area contributed by atoms with Crippen LogP contribution in [0.1, 0.15) is 27.7 Å². The quantitative estimate of drug-likeness (QED) is 0.434. The molecule has 0 saturated carbocycles. The monoisotopic (exact) mass is 338 g/mol. The lowest BCUT2D eigenvalue weighted by Gasteiger charge is -2.23. The van der Waals surface area contributed by atoms with Crippen LogP contribution in [0.5, 0.6) is 5.75 Å². The molecule has 0 aliphatic rings. The molecule has 0 aliphatic heterocycles. The van der Waals surface area contributed by atoms with Crippen LogP contribution in [-0.2, 0) is 0 Å². The maximum absolute atomic E-state index is 13.5. The van der Waals surface area contributed by atoms with Crippen LogP contribution in [0.3, 0.4) is 0 Å². The lowest BCUT2D eigenvalue weighted by atomic mass is 10.1. The molecule has 136 valence electrons. The van der Waals surface area contributed by atoms with Crippen molar-refractivity contribution in [3.8, 4) is 5.75 Å². The minimum Gasteiger partial charge on any atom is -0.489 e. The molecule has 0 amide bonds. The van der Waals surface area contributed by atoms with Gasteiger partial charge in [0.15, 0.2) is 17.5 Å². The first kappa shape index (κ1) is 20.2. The van der Waals surface area contributed by atoms with Crippen LogP contribution < -0.4 is 15.4 Å². The number of ether oxygens (including phenoxy) is 1. The van der Waals surface area contributed by atoms with E-state index >= 15 is 0 Å². The van der Waals surface area contributed by atoms with Gasteiger partial charge in [-0.25, -0.2) is 4.39 Å². The molecule has 0 saturated heterocycles. The average molecular weight is 338 g/mol. The number of aliphatic imine (C=N–C) groups is 1. The molecule has 0 radical (unpaired) electrons. The SMILES string of the molecule is CCNC(=NCCNC(C)(C)C)N(C)CCOc1ccccc1F. The van der Waals surface area contributed by atoms with Crippen molar-refractivity contribution in [1.29, 1.82) is 0 Å². The summed E-state index contributed by atoms with van der Waals surface area (Å²) in [6, 6.07) is 6.44. The molecule has 1 rings (SSSR count). The summed E-state index contributed by atoms with van der Waals surface area (Å²) in [6.07, 6.45) is 0. The van der Waals surface area contributed by atoms with Crippen molar-refractivity contribution in [1.82, 2.24) is 15.5 Å². The predicted molar refractivity (Wildman–Crippen MR) is 98.3 cm³/mol. The summed E-state index contributed by atoms with van der Waals surface area (Å²) < 4.78 is 19.0. The number of hydrogen-bond donors (Lipinski definition) is 2. The van der Waals surface area contributed by atoms with Crippen molar-refractivity contribution in [3.05, 3.63) is 30.1 Å². The van der Waals surface area contributed by atoms with Gasteiger partial charge in [-0.15, -0.1) is 0 Å². The first-order valence-electron chi connectivity index (χ1n) is 8.45. The van der Waals surface area contributed by atoms with Crippen molar-refractivity contribution >= 4 is 5.96 Å². The van der Waals surface area contributed by atoms with E-state index in [1.54, 1.807) is 18.2 Å². The molecule has 0 atom stereocenters. The number of para-hydroxylation sites is 1. The number of hydrogen-bond acceptors (Lipinski definition) is 3. The summed E-state index contributed by atoms with van der Waals surface area (Å²) in [5.74, 6) is 0.765. The van der Waals surface area contributed by atoms with Crippen LogP contribution >= 0.6 is 0 Å². The summed E-state index contributed by atoms with van der Waals surface area (Å²) in [7, 11) is 1.95. The fourth-order valence-corrected chi connectivity index (χ4v) is 2.02. The third kappa shape index (κ3) is 8.15. The van der Waals surface area contributed by atoms with Gasteiger partial charge in [-0.1, -0.05) is 12.1 Å². The minimum atomic E-state index is -0.339. The van der Waals surface area contributed by atoms with Crippen LogP contribution in [0.25, 0.3) is 0 Å². The number of rotatable bonds is 8. The van der Waals surface area contributed by atoms with E-state index in [0.29, 0.717) is 19.7 Å². The lowest BCUT2D eigenvalue weighted by molar-refractivity contribution is 0.270. The zero-order valence-electron chi connectivity index (χ0n) is 15.5. The van der Waals surface area contributed by atoms with E-state index in [9.17, 15) is 4.39 Å². The zero-order chi connectivity index (χ0) is 18.0. The van der Waals surface area contributed by atoms with Gasteiger partial charge < -0.3 is 20.3 Å². The lowest BCUT2D eigenvalue weighted by Crippen LogP contribution is -2.42. The molecule has 0 spiro atoms. The summed E-state index contributed by atoms with van der Waals surface area (Å²) in [5.41, 5.74) is 0.0906. The normalized spacial score (nSPS) is 12.2. The molecular formula is C18H31FN4O. The van der Waals surface area contributed by atoms with E-state index in [1.807, 2.05) is 18.9 Å². The maximum Gasteiger partial charge on any atom is 0.193 e. The van der Waals surface area contributed by atoms with Crippen molar-refractivity contribution in [2.45, 2.75) is 33.2 Å². The Balaban J connectivity index is 2.44. The fourth-order valence-electron chi connectivity index (χ4n) is 2.02. The number of halogens is 1. The van der Waals surface area contributed by atoms with E-state index in [2.05, 4.69) is 36.4 Å². The van der Waals surface area contributed by atoms with Gasteiger partial charge in [-0.3, -0.25) is 4.99 Å². The molecule has 0 unspecified atom stereocenters. The molecule has 24 heavy (non-hydrogen) atoms. The molecule has 0 aromatic heterocycles. The molecule has 0 aliphatic carbocycles. The van der Waals surface area contributed by atoms with Gasteiger partial charge in [-0.2, -0.15) is 0 Å². The number of nitrogens with one attached hydrogen (secondary N) is 2.